The molecular formula is C22H18N2O7S. The van der Waals surface area contributed by atoms with Crippen molar-refractivity contribution in [2.24, 2.45) is 0 Å². The first-order valence-electron chi connectivity index (χ1n) is 9.36. The number of thioether (sulfide) groups is 1. The summed E-state index contributed by atoms with van der Waals surface area (Å²) in [7, 11) is 4.52. The van der Waals surface area contributed by atoms with Gasteiger partial charge in [0.15, 0.2) is 17.3 Å². The predicted molar refractivity (Wildman–Crippen MR) is 117 cm³/mol. The third-order valence-electron chi connectivity index (χ3n) is 4.59. The van der Waals surface area contributed by atoms with Gasteiger partial charge in [-0.25, -0.2) is 4.79 Å². The van der Waals surface area contributed by atoms with Crippen LogP contribution in [0, 0.1) is 0 Å². The number of ketones is 1. The minimum atomic E-state index is -0.682. The SMILES string of the molecule is COc1cc(-c2nnc(SCC(=O)c3cc4ccccc4oc3=O)o2)cc(OC)c1OC. The van der Waals surface area contributed by atoms with Crippen molar-refractivity contribution in [2.45, 2.75) is 5.22 Å². The summed E-state index contributed by atoms with van der Waals surface area (Å²) in [5.74, 6) is 1.05. The molecule has 2 heterocycles. The van der Waals surface area contributed by atoms with E-state index in [-0.39, 0.29) is 22.4 Å². The molecule has 0 aliphatic heterocycles. The largest absolute Gasteiger partial charge is 0.493 e. The molecule has 0 saturated heterocycles. The van der Waals surface area contributed by atoms with E-state index in [9.17, 15) is 9.59 Å². The Morgan fingerprint density at radius 2 is 1.69 bits per heavy atom. The fraction of sp³-hybridized carbons (Fsp3) is 0.182. The quantitative estimate of drug-likeness (QED) is 0.221. The molecule has 4 aromatic rings. The summed E-state index contributed by atoms with van der Waals surface area (Å²) in [6, 6.07) is 11.9. The molecule has 0 aliphatic rings. The Hall–Kier alpha value is -3.79. The van der Waals surface area contributed by atoms with E-state index in [0.29, 0.717) is 33.8 Å². The van der Waals surface area contributed by atoms with Gasteiger partial charge in [0.1, 0.15) is 11.1 Å². The molecule has 0 atom stereocenters. The van der Waals surface area contributed by atoms with Gasteiger partial charge in [-0.3, -0.25) is 4.79 Å². The molecule has 0 aliphatic carbocycles. The number of aromatic nitrogens is 2. The highest BCUT2D eigenvalue weighted by molar-refractivity contribution is 7.99. The van der Waals surface area contributed by atoms with Crippen molar-refractivity contribution in [2.75, 3.05) is 27.1 Å². The normalized spacial score (nSPS) is 10.8. The van der Waals surface area contributed by atoms with Crippen molar-refractivity contribution in [3.63, 3.8) is 0 Å². The van der Waals surface area contributed by atoms with E-state index in [2.05, 4.69) is 10.2 Å². The molecule has 9 nitrogen and oxygen atoms in total. The summed E-state index contributed by atoms with van der Waals surface area (Å²) < 4.78 is 26.9. The average Bonchev–Trinajstić information content (AvgIpc) is 3.30. The second-order valence-electron chi connectivity index (χ2n) is 6.48. The van der Waals surface area contributed by atoms with Gasteiger partial charge >= 0.3 is 5.63 Å². The molecule has 0 spiro atoms. The summed E-state index contributed by atoms with van der Waals surface area (Å²) in [4.78, 5) is 24.7. The molecule has 0 N–H and O–H groups in total. The lowest BCUT2D eigenvalue weighted by Crippen LogP contribution is -2.15. The van der Waals surface area contributed by atoms with Gasteiger partial charge in [0.25, 0.3) is 5.22 Å². The van der Waals surface area contributed by atoms with Crippen LogP contribution in [0.2, 0.25) is 0 Å². The molecule has 0 saturated carbocycles. The van der Waals surface area contributed by atoms with Crippen LogP contribution in [0.1, 0.15) is 10.4 Å². The molecule has 0 unspecified atom stereocenters. The average molecular weight is 454 g/mol. The molecule has 2 aromatic heterocycles. The second kappa shape index (κ2) is 9.15. The van der Waals surface area contributed by atoms with Crippen LogP contribution < -0.4 is 19.8 Å². The number of carbonyl (C=O) groups excluding carboxylic acids is 1. The molecule has 0 radical (unpaired) electrons. The number of rotatable bonds is 8. The summed E-state index contributed by atoms with van der Waals surface area (Å²) in [6.07, 6.45) is 0. The minimum Gasteiger partial charge on any atom is -0.493 e. The topological polar surface area (TPSA) is 114 Å². The van der Waals surface area contributed by atoms with Crippen molar-refractivity contribution >= 4 is 28.5 Å². The van der Waals surface area contributed by atoms with Crippen LogP contribution in [0.15, 0.2) is 61.3 Å². The molecule has 4 rings (SSSR count). The number of methoxy groups -OCH3 is 3. The number of para-hydroxylation sites is 1. The van der Waals surface area contributed by atoms with Gasteiger partial charge in [0.2, 0.25) is 11.6 Å². The summed E-state index contributed by atoms with van der Waals surface area (Å²) in [5.41, 5.74) is 0.271. The molecule has 10 heteroatoms. The number of benzene rings is 2. The Labute approximate surface area is 186 Å². The van der Waals surface area contributed by atoms with Crippen molar-refractivity contribution in [3.8, 4) is 28.7 Å². The van der Waals surface area contributed by atoms with Crippen LogP contribution in [-0.4, -0.2) is 43.1 Å². The van der Waals surface area contributed by atoms with E-state index < -0.39 is 11.4 Å². The lowest BCUT2D eigenvalue weighted by Gasteiger charge is -2.12. The van der Waals surface area contributed by atoms with Crippen LogP contribution in [0.4, 0.5) is 0 Å². The Morgan fingerprint density at radius 1 is 0.969 bits per heavy atom. The highest BCUT2D eigenvalue weighted by atomic mass is 32.2. The van der Waals surface area contributed by atoms with E-state index in [4.69, 9.17) is 23.0 Å². The van der Waals surface area contributed by atoms with E-state index in [1.807, 2.05) is 0 Å². The standard InChI is InChI=1S/C22H18N2O7S/c1-27-17-9-13(10-18(28-2)19(17)29-3)20-23-24-22(31-20)32-11-15(25)14-8-12-6-4-5-7-16(12)30-21(14)26/h4-10H,11H2,1-3H3. The molecule has 0 bridgehead atoms. The van der Waals surface area contributed by atoms with E-state index in [1.54, 1.807) is 36.4 Å². The number of hydrogen-bond acceptors (Lipinski definition) is 10. The Kier molecular flexibility index (Phi) is 6.13. The molecule has 2 aromatic carbocycles. The lowest BCUT2D eigenvalue weighted by atomic mass is 10.1. The van der Waals surface area contributed by atoms with E-state index in [1.165, 1.54) is 27.4 Å². The Bertz CT molecular complexity index is 1320. The maximum Gasteiger partial charge on any atom is 0.347 e. The van der Waals surface area contributed by atoms with Gasteiger partial charge < -0.3 is 23.0 Å². The zero-order valence-corrected chi connectivity index (χ0v) is 18.2. The second-order valence-corrected chi connectivity index (χ2v) is 7.41. The van der Waals surface area contributed by atoms with Crippen molar-refractivity contribution in [1.82, 2.24) is 10.2 Å². The zero-order chi connectivity index (χ0) is 22.7. The van der Waals surface area contributed by atoms with Gasteiger partial charge in [-0.15, -0.1) is 10.2 Å². The van der Waals surface area contributed by atoms with Gasteiger partial charge in [0, 0.05) is 10.9 Å². The highest BCUT2D eigenvalue weighted by Crippen LogP contribution is 2.41. The third-order valence-corrected chi connectivity index (χ3v) is 5.41. The first kappa shape index (κ1) is 21.4. The summed E-state index contributed by atoms with van der Waals surface area (Å²) in [5, 5.41) is 8.83. The molecule has 164 valence electrons. The van der Waals surface area contributed by atoms with Crippen LogP contribution >= 0.6 is 11.8 Å². The number of ether oxygens (including phenoxy) is 3. The van der Waals surface area contributed by atoms with E-state index in [0.717, 1.165) is 11.8 Å². The van der Waals surface area contributed by atoms with Crippen LogP contribution in [0.3, 0.4) is 0 Å². The minimum absolute atomic E-state index is 0.0273. The van der Waals surface area contributed by atoms with Crippen molar-refractivity contribution in [3.05, 3.63) is 58.4 Å². The number of Topliss-reactive ketones (excluding diaryl/α,β-unsaturated/α-hetero) is 1. The monoisotopic (exact) mass is 454 g/mol. The highest BCUT2D eigenvalue weighted by Gasteiger charge is 2.19. The number of hydrogen-bond donors (Lipinski definition) is 0. The van der Waals surface area contributed by atoms with Crippen LogP contribution in [0.25, 0.3) is 22.4 Å². The zero-order valence-electron chi connectivity index (χ0n) is 17.4. The fourth-order valence-electron chi connectivity index (χ4n) is 3.05. The number of carbonyl (C=O) groups is 1. The van der Waals surface area contributed by atoms with Crippen molar-refractivity contribution in [1.29, 1.82) is 0 Å². The van der Waals surface area contributed by atoms with Crippen LogP contribution in [0.5, 0.6) is 17.2 Å². The van der Waals surface area contributed by atoms with Gasteiger partial charge in [-0.2, -0.15) is 0 Å². The number of fused-ring (bicyclic) bond motifs is 1. The summed E-state index contributed by atoms with van der Waals surface area (Å²) in [6.45, 7) is 0. The van der Waals surface area contributed by atoms with Gasteiger partial charge in [-0.1, -0.05) is 30.0 Å². The van der Waals surface area contributed by atoms with Gasteiger partial charge in [0.05, 0.1) is 27.1 Å². The third kappa shape index (κ3) is 4.17. The van der Waals surface area contributed by atoms with Crippen molar-refractivity contribution < 1.29 is 27.8 Å². The first-order valence-corrected chi connectivity index (χ1v) is 10.4. The fourth-order valence-corrected chi connectivity index (χ4v) is 3.70. The smallest absolute Gasteiger partial charge is 0.347 e. The molecule has 32 heavy (non-hydrogen) atoms. The molecule has 0 amide bonds. The lowest BCUT2D eigenvalue weighted by molar-refractivity contribution is 0.101. The first-order chi connectivity index (χ1) is 15.5. The van der Waals surface area contributed by atoms with Gasteiger partial charge in [-0.05, 0) is 24.3 Å². The summed E-state index contributed by atoms with van der Waals surface area (Å²) >= 11 is 1.02. The predicted octanol–water partition coefficient (Wildman–Crippen LogP) is 3.84. The Morgan fingerprint density at radius 3 is 2.38 bits per heavy atom. The Balaban J connectivity index is 1.52. The van der Waals surface area contributed by atoms with E-state index >= 15 is 0 Å². The molecule has 0 fully saturated rings. The van der Waals surface area contributed by atoms with Crippen LogP contribution in [-0.2, 0) is 0 Å². The number of nitrogens with zero attached hydrogens (tertiary/aromatic N) is 2. The maximum atomic E-state index is 12.6. The molecular weight excluding hydrogens is 436 g/mol. The maximum absolute atomic E-state index is 12.6.